The van der Waals surface area contributed by atoms with Crippen molar-refractivity contribution in [1.29, 1.82) is 0 Å². The maximum atomic E-state index is 12.0. The molecule has 25 heavy (non-hydrogen) atoms. The van der Waals surface area contributed by atoms with E-state index in [1.807, 2.05) is 6.07 Å². The van der Waals surface area contributed by atoms with Gasteiger partial charge in [-0.3, -0.25) is 9.89 Å². The van der Waals surface area contributed by atoms with Crippen molar-refractivity contribution in [2.45, 2.75) is 0 Å². The van der Waals surface area contributed by atoms with Crippen LogP contribution in [0.1, 0.15) is 15.9 Å². The molecule has 0 aliphatic carbocycles. The number of rotatable bonds is 4. The van der Waals surface area contributed by atoms with Gasteiger partial charge >= 0.3 is 5.97 Å². The van der Waals surface area contributed by atoms with E-state index in [1.54, 1.807) is 48.5 Å². The van der Waals surface area contributed by atoms with Gasteiger partial charge in [0.15, 0.2) is 0 Å². The van der Waals surface area contributed by atoms with Crippen molar-refractivity contribution in [3.8, 4) is 5.75 Å². The maximum absolute atomic E-state index is 12.0. The Bertz CT molecular complexity index is 996. The molecule has 0 amide bonds. The molecule has 0 saturated carbocycles. The standard InChI is InChI=1S/C17H12N4O3S/c22-15-11-18-20-17(25)21(15)19-10-12-6-8-14(9-7-12)24-16(23)13-4-2-1-3-5-13/h1-11H,(H,20,25)/b19-10+. The van der Waals surface area contributed by atoms with Crippen LogP contribution in [-0.2, 0) is 0 Å². The van der Waals surface area contributed by atoms with Crippen LogP contribution >= 0.6 is 12.2 Å². The SMILES string of the molecule is O=C(Oc1ccc(/C=N/n2c(=O)cn[nH]c2=S)cc1)c1ccccc1. The Kier molecular flexibility index (Phi) is 4.91. The summed E-state index contributed by atoms with van der Waals surface area (Å²) in [4.78, 5) is 23.6. The lowest BCUT2D eigenvalue weighted by atomic mass is 10.2. The van der Waals surface area contributed by atoms with Gasteiger partial charge < -0.3 is 4.74 Å². The molecule has 7 nitrogen and oxygen atoms in total. The molecule has 3 aromatic rings. The molecule has 0 saturated heterocycles. The highest BCUT2D eigenvalue weighted by atomic mass is 32.1. The van der Waals surface area contributed by atoms with Gasteiger partial charge in [-0.05, 0) is 54.2 Å². The summed E-state index contributed by atoms with van der Waals surface area (Å²) in [5.74, 6) is -0.0268. The van der Waals surface area contributed by atoms with Crippen LogP contribution in [0, 0.1) is 4.77 Å². The summed E-state index contributed by atoms with van der Waals surface area (Å²) < 4.78 is 6.40. The normalized spacial score (nSPS) is 10.7. The fourth-order valence-corrected chi connectivity index (χ4v) is 2.13. The second-order valence-electron chi connectivity index (χ2n) is 4.89. The van der Waals surface area contributed by atoms with Gasteiger partial charge in [0, 0.05) is 0 Å². The molecule has 1 aromatic heterocycles. The Hall–Kier alpha value is -3.39. The van der Waals surface area contributed by atoms with E-state index < -0.39 is 11.5 Å². The number of nitrogens with one attached hydrogen (secondary N) is 1. The first-order valence-corrected chi connectivity index (χ1v) is 7.63. The number of benzene rings is 2. The minimum absolute atomic E-state index is 0.0946. The fourth-order valence-electron chi connectivity index (χ4n) is 1.94. The zero-order valence-electron chi connectivity index (χ0n) is 12.8. The first kappa shape index (κ1) is 16.5. The Morgan fingerprint density at radius 3 is 2.56 bits per heavy atom. The summed E-state index contributed by atoms with van der Waals surface area (Å²) in [5, 5.41) is 10.1. The molecule has 8 heteroatoms. The smallest absolute Gasteiger partial charge is 0.343 e. The summed E-state index contributed by atoms with van der Waals surface area (Å²) in [7, 11) is 0. The van der Waals surface area contributed by atoms with E-state index in [9.17, 15) is 9.59 Å². The number of hydrogen-bond donors (Lipinski definition) is 1. The monoisotopic (exact) mass is 352 g/mol. The largest absolute Gasteiger partial charge is 0.423 e. The lowest BCUT2D eigenvalue weighted by Gasteiger charge is -2.04. The van der Waals surface area contributed by atoms with Gasteiger partial charge in [-0.15, -0.1) is 0 Å². The second-order valence-corrected chi connectivity index (χ2v) is 5.28. The number of esters is 1. The summed E-state index contributed by atoms with van der Waals surface area (Å²) >= 11 is 4.94. The molecule has 1 heterocycles. The molecule has 0 fully saturated rings. The average Bonchev–Trinajstić information content (AvgIpc) is 2.63. The Balaban J connectivity index is 1.72. The van der Waals surface area contributed by atoms with Gasteiger partial charge in [0.05, 0.1) is 11.8 Å². The predicted molar refractivity (Wildman–Crippen MR) is 94.5 cm³/mol. The Morgan fingerprint density at radius 1 is 1.16 bits per heavy atom. The molecule has 2 aromatic carbocycles. The van der Waals surface area contributed by atoms with E-state index in [1.165, 1.54) is 6.21 Å². The molecule has 3 rings (SSSR count). The lowest BCUT2D eigenvalue weighted by Crippen LogP contribution is -2.18. The number of aromatic nitrogens is 3. The minimum Gasteiger partial charge on any atom is -0.423 e. The molecule has 0 aliphatic heterocycles. The number of H-pyrrole nitrogens is 1. The van der Waals surface area contributed by atoms with Crippen molar-refractivity contribution in [3.05, 3.63) is 87.0 Å². The third-order valence-electron chi connectivity index (χ3n) is 3.16. The summed E-state index contributed by atoms with van der Waals surface area (Å²) in [6.45, 7) is 0. The van der Waals surface area contributed by atoms with Gasteiger partial charge in [-0.25, -0.2) is 4.79 Å². The van der Waals surface area contributed by atoms with E-state index >= 15 is 0 Å². The van der Waals surface area contributed by atoms with Crippen molar-refractivity contribution in [3.63, 3.8) is 0 Å². The molecule has 0 bridgehead atoms. The van der Waals surface area contributed by atoms with E-state index in [0.717, 1.165) is 10.9 Å². The van der Waals surface area contributed by atoms with Crippen molar-refractivity contribution in [2.75, 3.05) is 0 Å². The molecule has 1 N–H and O–H groups in total. The Morgan fingerprint density at radius 2 is 1.88 bits per heavy atom. The topological polar surface area (TPSA) is 89.3 Å². The third-order valence-corrected chi connectivity index (χ3v) is 3.42. The Labute approximate surface area is 147 Å². The van der Waals surface area contributed by atoms with Crippen LogP contribution in [0.2, 0.25) is 0 Å². The number of aromatic amines is 1. The van der Waals surface area contributed by atoms with Crippen molar-refractivity contribution < 1.29 is 9.53 Å². The van der Waals surface area contributed by atoms with Gasteiger partial charge in [-0.2, -0.15) is 14.9 Å². The second kappa shape index (κ2) is 7.45. The van der Waals surface area contributed by atoms with Gasteiger partial charge in [-0.1, -0.05) is 18.2 Å². The van der Waals surface area contributed by atoms with E-state index in [-0.39, 0.29) is 4.77 Å². The number of nitrogens with zero attached hydrogens (tertiary/aromatic N) is 3. The summed E-state index contributed by atoms with van der Waals surface area (Å²) in [6, 6.07) is 15.4. The van der Waals surface area contributed by atoms with Crippen molar-refractivity contribution in [1.82, 2.24) is 14.9 Å². The average molecular weight is 352 g/mol. The lowest BCUT2D eigenvalue weighted by molar-refractivity contribution is 0.0735. The van der Waals surface area contributed by atoms with Crippen LogP contribution in [0.4, 0.5) is 0 Å². The van der Waals surface area contributed by atoms with Crippen LogP contribution < -0.4 is 10.3 Å². The molecular formula is C17H12N4O3S. The first-order chi connectivity index (χ1) is 12.1. The van der Waals surface area contributed by atoms with Crippen molar-refractivity contribution in [2.24, 2.45) is 5.10 Å². The molecule has 0 aliphatic rings. The highest BCUT2D eigenvalue weighted by Crippen LogP contribution is 2.13. The molecule has 0 unspecified atom stereocenters. The van der Waals surface area contributed by atoms with Crippen LogP contribution in [0.5, 0.6) is 5.75 Å². The van der Waals surface area contributed by atoms with E-state index in [0.29, 0.717) is 16.9 Å². The summed E-state index contributed by atoms with van der Waals surface area (Å²) in [5.41, 5.74) is 0.741. The number of carbonyl (C=O) groups excluding carboxylic acids is 1. The minimum atomic E-state index is -0.437. The summed E-state index contributed by atoms with van der Waals surface area (Å²) in [6.07, 6.45) is 2.55. The highest BCUT2D eigenvalue weighted by Gasteiger charge is 2.07. The van der Waals surface area contributed by atoms with Gasteiger partial charge in [0.2, 0.25) is 4.77 Å². The highest BCUT2D eigenvalue weighted by molar-refractivity contribution is 7.71. The molecule has 0 radical (unpaired) electrons. The zero-order valence-corrected chi connectivity index (χ0v) is 13.6. The molecule has 0 atom stereocenters. The first-order valence-electron chi connectivity index (χ1n) is 7.22. The zero-order chi connectivity index (χ0) is 17.6. The molecular weight excluding hydrogens is 340 g/mol. The van der Waals surface area contributed by atoms with Crippen LogP contribution in [0.25, 0.3) is 0 Å². The van der Waals surface area contributed by atoms with Crippen LogP contribution in [0.3, 0.4) is 0 Å². The van der Waals surface area contributed by atoms with Crippen molar-refractivity contribution >= 4 is 24.4 Å². The van der Waals surface area contributed by atoms with Crippen LogP contribution in [-0.4, -0.2) is 27.1 Å². The molecule has 124 valence electrons. The van der Waals surface area contributed by atoms with E-state index in [2.05, 4.69) is 15.3 Å². The van der Waals surface area contributed by atoms with Crippen LogP contribution in [0.15, 0.2) is 70.7 Å². The number of ether oxygens (including phenoxy) is 1. The third kappa shape index (κ3) is 4.12. The van der Waals surface area contributed by atoms with Gasteiger partial charge in [0.25, 0.3) is 5.56 Å². The number of hydrogen-bond acceptors (Lipinski definition) is 6. The molecule has 0 spiro atoms. The quantitative estimate of drug-likeness (QED) is 0.337. The predicted octanol–water partition coefficient (Wildman–Crippen LogP) is 2.40. The maximum Gasteiger partial charge on any atom is 0.343 e. The van der Waals surface area contributed by atoms with Gasteiger partial charge in [0.1, 0.15) is 11.9 Å². The number of carbonyl (C=O) groups is 1. The fraction of sp³-hybridized carbons (Fsp3) is 0. The van der Waals surface area contributed by atoms with E-state index in [4.69, 9.17) is 17.0 Å².